The maximum Gasteiger partial charge on any atom is 0.328 e. The molecule has 0 aliphatic carbocycles. The molecule has 2 unspecified atom stereocenters. The largest absolute Gasteiger partial charge is 0.467 e. The number of esters is 1. The van der Waals surface area contributed by atoms with Crippen molar-refractivity contribution in [3.8, 4) is 11.8 Å². The number of carbonyl (C=O) groups is 7. The van der Waals surface area contributed by atoms with Crippen LogP contribution < -0.4 is 20.3 Å². The average Bonchev–Trinajstić information content (AvgIpc) is 3.38. The van der Waals surface area contributed by atoms with Gasteiger partial charge in [-0.25, -0.2) is 4.79 Å². The smallest absolute Gasteiger partial charge is 0.328 e. The fourth-order valence-electron chi connectivity index (χ4n) is 7.67. The van der Waals surface area contributed by atoms with Crippen LogP contribution in [-0.2, 0) is 70.2 Å². The SMILES string of the molecule is COC(=O)C(CCCCNC(=O)CCCc1ccc(I)cc1)NC(=O)C(CCC(=O)NS)CC(=O)CCOCCOCCOCCOCCCC(=O)CCC(=O)N1Cc2ccccc2C#Cc2ccccc21. The number of aryl methyl sites for hydroxylation is 1. The molecule has 72 heavy (non-hydrogen) atoms. The van der Waals surface area contributed by atoms with Gasteiger partial charge in [0.25, 0.3) is 0 Å². The number of Topliss-reactive ketones (excluding diaryl/α,β-unsaturated/α-hetero) is 2. The van der Waals surface area contributed by atoms with Crippen LogP contribution in [0.3, 0.4) is 0 Å². The highest BCUT2D eigenvalue weighted by molar-refractivity contribution is 14.1. The highest BCUT2D eigenvalue weighted by atomic mass is 127. The summed E-state index contributed by atoms with van der Waals surface area (Å²) in [5.41, 5.74) is 4.55. The standard InChI is InChI=1S/C54H69IN4O12S/c1-67-54(66)48(15-6-7-29-56-50(62)17-8-10-40-18-23-45(55)24-19-40)57-53(65)43(22-26-51(63)58-72)38-47(61)28-31-69-33-35-71-37-36-70-34-32-68-30-9-14-46(60)25-27-52(64)59-39-44-13-3-2-11-41(44)20-21-42-12-4-5-16-49(42)59/h2-5,11-13,16,18-19,23-24,43,48,72H,6-10,14-15,17,22,25-39H2,1H3,(H,56,62)(H,57,65)(H,58,63). The number of halogens is 1. The molecule has 1 aliphatic heterocycles. The lowest BCUT2D eigenvalue weighted by molar-refractivity contribution is -0.146. The molecule has 3 N–H and O–H groups in total. The summed E-state index contributed by atoms with van der Waals surface area (Å²) >= 11 is 6.03. The Bertz CT molecular complexity index is 2270. The van der Waals surface area contributed by atoms with Gasteiger partial charge in [-0.1, -0.05) is 67.1 Å². The number of carbonyl (C=O) groups excluding carboxylic acids is 7. The Morgan fingerprint density at radius 3 is 2.01 bits per heavy atom. The molecule has 2 atom stereocenters. The minimum absolute atomic E-state index is 0.00727. The van der Waals surface area contributed by atoms with Crippen molar-refractivity contribution in [3.63, 3.8) is 0 Å². The zero-order valence-corrected chi connectivity index (χ0v) is 44.3. The number of hydrogen-bond donors (Lipinski definition) is 4. The third-order valence-corrected chi connectivity index (χ3v) is 12.7. The zero-order chi connectivity index (χ0) is 51.8. The molecule has 0 radical (unpaired) electrons. The third kappa shape index (κ3) is 23.6. The van der Waals surface area contributed by atoms with Crippen molar-refractivity contribution in [2.75, 3.05) is 71.4 Å². The Kier molecular flexibility index (Phi) is 28.9. The van der Waals surface area contributed by atoms with E-state index in [-0.39, 0.29) is 88.1 Å². The number of rotatable bonds is 36. The third-order valence-electron chi connectivity index (χ3n) is 11.7. The van der Waals surface area contributed by atoms with E-state index in [4.69, 9.17) is 23.7 Å². The highest BCUT2D eigenvalue weighted by Crippen LogP contribution is 2.26. The number of thiol groups is 1. The van der Waals surface area contributed by atoms with Crippen molar-refractivity contribution < 1.29 is 57.2 Å². The summed E-state index contributed by atoms with van der Waals surface area (Å²) in [4.78, 5) is 91.0. The molecule has 1 aliphatic rings. The van der Waals surface area contributed by atoms with Crippen molar-refractivity contribution in [1.82, 2.24) is 15.4 Å². The second kappa shape index (κ2) is 35.1. The molecule has 0 bridgehead atoms. The lowest BCUT2D eigenvalue weighted by Gasteiger charge is -2.26. The first kappa shape index (κ1) is 59.4. The lowest BCUT2D eigenvalue weighted by atomic mass is 9.94. The number of para-hydroxylation sites is 1. The molecule has 3 aromatic rings. The molecular weight excluding hydrogens is 1060 g/mol. The second-order valence-electron chi connectivity index (χ2n) is 17.2. The number of benzene rings is 3. The fourth-order valence-corrected chi connectivity index (χ4v) is 8.14. The molecule has 4 rings (SSSR count). The maximum absolute atomic E-state index is 13.4. The summed E-state index contributed by atoms with van der Waals surface area (Å²) in [5, 5.41) is 5.62. The molecule has 18 heteroatoms. The van der Waals surface area contributed by atoms with Crippen LogP contribution in [0.4, 0.5) is 5.69 Å². The van der Waals surface area contributed by atoms with Crippen LogP contribution in [0, 0.1) is 21.3 Å². The number of fused-ring (bicyclic) bond motifs is 2. The Morgan fingerprint density at radius 2 is 1.31 bits per heavy atom. The molecule has 390 valence electrons. The van der Waals surface area contributed by atoms with E-state index < -0.39 is 29.7 Å². The van der Waals surface area contributed by atoms with Crippen LogP contribution in [-0.4, -0.2) is 114 Å². The van der Waals surface area contributed by atoms with E-state index in [2.05, 4.69) is 74.7 Å². The first-order valence-corrected chi connectivity index (χ1v) is 26.2. The summed E-state index contributed by atoms with van der Waals surface area (Å²) in [6, 6.07) is 22.6. The van der Waals surface area contributed by atoms with Gasteiger partial charge in [0.15, 0.2) is 0 Å². The van der Waals surface area contributed by atoms with Crippen molar-refractivity contribution in [2.45, 2.75) is 102 Å². The number of hydrogen-bond acceptors (Lipinski definition) is 13. The minimum atomic E-state index is -0.965. The molecular formula is C54H69IN4O12S. The number of nitrogens with zero attached hydrogens (tertiary/aromatic N) is 1. The monoisotopic (exact) mass is 1120 g/mol. The lowest BCUT2D eigenvalue weighted by Crippen LogP contribution is -2.45. The summed E-state index contributed by atoms with van der Waals surface area (Å²) in [6.45, 7) is 3.21. The number of amides is 4. The highest BCUT2D eigenvalue weighted by Gasteiger charge is 2.28. The number of ketones is 2. The molecule has 0 spiro atoms. The van der Waals surface area contributed by atoms with Crippen molar-refractivity contribution in [1.29, 1.82) is 0 Å². The Balaban J connectivity index is 1.00. The van der Waals surface area contributed by atoms with Crippen LogP contribution in [0.25, 0.3) is 0 Å². The summed E-state index contributed by atoms with van der Waals surface area (Å²) in [7, 11) is 1.23. The Morgan fingerprint density at radius 1 is 0.653 bits per heavy atom. The van der Waals surface area contributed by atoms with Gasteiger partial charge < -0.3 is 43.9 Å². The maximum atomic E-state index is 13.4. The molecule has 1 heterocycles. The van der Waals surface area contributed by atoms with Crippen LogP contribution in [0.2, 0.25) is 0 Å². The Labute approximate surface area is 442 Å². The molecule has 3 aromatic carbocycles. The van der Waals surface area contributed by atoms with Crippen LogP contribution in [0.1, 0.15) is 106 Å². The van der Waals surface area contributed by atoms with Gasteiger partial charge in [0.2, 0.25) is 23.6 Å². The van der Waals surface area contributed by atoms with Gasteiger partial charge in [-0.3, -0.25) is 28.8 Å². The summed E-state index contributed by atoms with van der Waals surface area (Å²) in [6.07, 6.45) is 4.33. The molecule has 0 saturated carbocycles. The topological polar surface area (TPSA) is 205 Å². The van der Waals surface area contributed by atoms with E-state index in [9.17, 15) is 33.6 Å². The molecule has 0 fully saturated rings. The predicted molar refractivity (Wildman–Crippen MR) is 284 cm³/mol. The van der Waals surface area contributed by atoms with E-state index in [0.29, 0.717) is 78.2 Å². The minimum Gasteiger partial charge on any atom is -0.467 e. The van der Waals surface area contributed by atoms with Crippen LogP contribution in [0.15, 0.2) is 72.8 Å². The average molecular weight is 1130 g/mol. The number of unbranched alkanes of at least 4 members (excludes halogenated alkanes) is 1. The van der Waals surface area contributed by atoms with E-state index in [1.54, 1.807) is 4.90 Å². The number of methoxy groups -OCH3 is 1. The second-order valence-corrected chi connectivity index (χ2v) is 18.6. The van der Waals surface area contributed by atoms with E-state index in [1.807, 2.05) is 60.7 Å². The van der Waals surface area contributed by atoms with Gasteiger partial charge in [-0.2, -0.15) is 0 Å². The van der Waals surface area contributed by atoms with Gasteiger partial charge in [-0.15, -0.1) is 0 Å². The van der Waals surface area contributed by atoms with Gasteiger partial charge in [0.1, 0.15) is 17.6 Å². The number of nitrogens with one attached hydrogen (secondary N) is 3. The van der Waals surface area contributed by atoms with E-state index in [1.165, 1.54) is 12.7 Å². The number of ether oxygens (including phenoxy) is 5. The Hall–Kier alpha value is -5.17. The van der Waals surface area contributed by atoms with Gasteiger partial charge in [-0.05, 0) is 109 Å². The van der Waals surface area contributed by atoms with E-state index >= 15 is 0 Å². The van der Waals surface area contributed by atoms with Gasteiger partial charge in [0, 0.05) is 78.7 Å². The summed E-state index contributed by atoms with van der Waals surface area (Å²) in [5.74, 6) is 3.54. The van der Waals surface area contributed by atoms with Crippen molar-refractivity contribution in [2.24, 2.45) is 5.92 Å². The molecule has 16 nitrogen and oxygen atoms in total. The quantitative estimate of drug-likeness (QED) is 0.0164. The molecule has 0 aromatic heterocycles. The molecule has 0 saturated heterocycles. The zero-order valence-electron chi connectivity index (χ0n) is 41.2. The van der Waals surface area contributed by atoms with Crippen LogP contribution >= 0.6 is 35.4 Å². The van der Waals surface area contributed by atoms with Crippen LogP contribution in [0.5, 0.6) is 0 Å². The predicted octanol–water partition coefficient (Wildman–Crippen LogP) is 6.41. The fraction of sp³-hybridized carbons (Fsp3) is 0.500. The van der Waals surface area contributed by atoms with Gasteiger partial charge >= 0.3 is 5.97 Å². The summed E-state index contributed by atoms with van der Waals surface area (Å²) < 4.78 is 30.6. The first-order valence-electron chi connectivity index (χ1n) is 24.6. The first-order chi connectivity index (χ1) is 35.0. The molecule has 4 amide bonds. The van der Waals surface area contributed by atoms with Gasteiger partial charge in [0.05, 0.1) is 65.6 Å². The normalized spacial score (nSPS) is 12.4. The van der Waals surface area contributed by atoms with Crippen molar-refractivity contribution in [3.05, 3.63) is 98.6 Å². The number of anilines is 1. The van der Waals surface area contributed by atoms with E-state index in [0.717, 1.165) is 38.8 Å². The van der Waals surface area contributed by atoms with Crippen molar-refractivity contribution >= 4 is 82.3 Å².